The highest BCUT2D eigenvalue weighted by atomic mass is 14.7. The van der Waals surface area contributed by atoms with Crippen LogP contribution in [0.15, 0.2) is 0 Å². The van der Waals surface area contributed by atoms with E-state index in [1.165, 1.54) is 38.5 Å². The van der Waals surface area contributed by atoms with Crippen molar-refractivity contribution in [3.8, 4) is 0 Å². The van der Waals surface area contributed by atoms with E-state index in [9.17, 15) is 0 Å². The predicted octanol–water partition coefficient (Wildman–Crippen LogP) is 1.91. The summed E-state index contributed by atoms with van der Waals surface area (Å²) >= 11 is 0. The van der Waals surface area contributed by atoms with E-state index in [2.05, 4.69) is 0 Å². The number of hydrogen-bond donors (Lipinski definition) is 1. The molecule has 0 aromatic rings. The standard InChI is InChI=1S/C9H17N/c10-9-5-4-8(6-9)7-2-1-3-7/h7-9H,1-6,10H2/t8?,9-/m0/s1. The SMILES string of the molecule is N[C@H]1CCC(C2CCC2)C1. The normalized spacial score (nSPS) is 41.7. The summed E-state index contributed by atoms with van der Waals surface area (Å²) in [7, 11) is 0. The molecule has 0 heterocycles. The van der Waals surface area contributed by atoms with Gasteiger partial charge >= 0.3 is 0 Å². The Balaban J connectivity index is 1.82. The molecular formula is C9H17N. The third-order valence-corrected chi connectivity index (χ3v) is 3.33. The largest absolute Gasteiger partial charge is 0.328 e. The van der Waals surface area contributed by atoms with Crippen LogP contribution in [0.25, 0.3) is 0 Å². The first-order valence-electron chi connectivity index (χ1n) is 4.62. The van der Waals surface area contributed by atoms with Crippen LogP contribution in [0.1, 0.15) is 38.5 Å². The zero-order valence-corrected chi connectivity index (χ0v) is 6.55. The Morgan fingerprint density at radius 1 is 0.900 bits per heavy atom. The first kappa shape index (κ1) is 6.66. The molecular weight excluding hydrogens is 122 g/mol. The molecule has 0 amide bonds. The van der Waals surface area contributed by atoms with Crippen molar-refractivity contribution in [3.63, 3.8) is 0 Å². The third kappa shape index (κ3) is 1.07. The average Bonchev–Trinajstić information content (AvgIpc) is 2.10. The highest BCUT2D eigenvalue weighted by Crippen LogP contribution is 2.41. The first-order valence-corrected chi connectivity index (χ1v) is 4.62. The molecule has 0 aromatic heterocycles. The van der Waals surface area contributed by atoms with Crippen molar-refractivity contribution in [2.45, 2.75) is 44.6 Å². The fourth-order valence-electron chi connectivity index (χ4n) is 2.39. The van der Waals surface area contributed by atoms with Crippen LogP contribution in [0.5, 0.6) is 0 Å². The molecule has 0 bridgehead atoms. The van der Waals surface area contributed by atoms with Gasteiger partial charge in [-0.1, -0.05) is 19.3 Å². The van der Waals surface area contributed by atoms with Crippen LogP contribution in [0.4, 0.5) is 0 Å². The maximum absolute atomic E-state index is 5.84. The maximum atomic E-state index is 5.84. The summed E-state index contributed by atoms with van der Waals surface area (Å²) in [5.74, 6) is 2.09. The van der Waals surface area contributed by atoms with Crippen molar-refractivity contribution in [2.75, 3.05) is 0 Å². The second kappa shape index (κ2) is 2.54. The van der Waals surface area contributed by atoms with Gasteiger partial charge in [-0.05, 0) is 31.1 Å². The Labute approximate surface area is 63.0 Å². The van der Waals surface area contributed by atoms with Crippen molar-refractivity contribution in [3.05, 3.63) is 0 Å². The minimum Gasteiger partial charge on any atom is -0.328 e. The minimum absolute atomic E-state index is 0.547. The van der Waals surface area contributed by atoms with Gasteiger partial charge in [0, 0.05) is 6.04 Å². The van der Waals surface area contributed by atoms with Crippen LogP contribution < -0.4 is 5.73 Å². The van der Waals surface area contributed by atoms with E-state index in [0.717, 1.165) is 11.8 Å². The maximum Gasteiger partial charge on any atom is 0.00416 e. The molecule has 1 unspecified atom stereocenters. The van der Waals surface area contributed by atoms with Crippen molar-refractivity contribution in [1.82, 2.24) is 0 Å². The second-order valence-electron chi connectivity index (χ2n) is 4.02. The fourth-order valence-corrected chi connectivity index (χ4v) is 2.39. The van der Waals surface area contributed by atoms with Gasteiger partial charge in [-0.2, -0.15) is 0 Å². The summed E-state index contributed by atoms with van der Waals surface area (Å²) in [6.07, 6.45) is 8.52. The summed E-state index contributed by atoms with van der Waals surface area (Å²) in [4.78, 5) is 0. The van der Waals surface area contributed by atoms with Gasteiger partial charge < -0.3 is 5.73 Å². The Morgan fingerprint density at radius 2 is 1.70 bits per heavy atom. The lowest BCUT2D eigenvalue weighted by molar-refractivity contribution is 0.208. The molecule has 10 heavy (non-hydrogen) atoms. The van der Waals surface area contributed by atoms with E-state index in [1.807, 2.05) is 0 Å². The molecule has 58 valence electrons. The molecule has 0 aliphatic heterocycles. The molecule has 0 aromatic carbocycles. The molecule has 2 rings (SSSR count). The molecule has 0 saturated heterocycles. The van der Waals surface area contributed by atoms with Crippen LogP contribution >= 0.6 is 0 Å². The zero-order valence-electron chi connectivity index (χ0n) is 6.55. The van der Waals surface area contributed by atoms with Gasteiger partial charge in [-0.3, -0.25) is 0 Å². The van der Waals surface area contributed by atoms with E-state index in [4.69, 9.17) is 5.73 Å². The van der Waals surface area contributed by atoms with Crippen molar-refractivity contribution >= 4 is 0 Å². The monoisotopic (exact) mass is 139 g/mol. The summed E-state index contributed by atoms with van der Waals surface area (Å²) in [5.41, 5.74) is 5.84. The highest BCUT2D eigenvalue weighted by Gasteiger charge is 2.32. The predicted molar refractivity (Wildman–Crippen MR) is 42.7 cm³/mol. The molecule has 2 atom stereocenters. The summed E-state index contributed by atoms with van der Waals surface area (Å²) in [6, 6.07) is 0.547. The number of nitrogens with two attached hydrogens (primary N) is 1. The van der Waals surface area contributed by atoms with Gasteiger partial charge in [-0.25, -0.2) is 0 Å². The Bertz CT molecular complexity index is 118. The van der Waals surface area contributed by atoms with Crippen molar-refractivity contribution < 1.29 is 0 Å². The van der Waals surface area contributed by atoms with E-state index in [0.29, 0.717) is 6.04 Å². The second-order valence-corrected chi connectivity index (χ2v) is 4.02. The molecule has 2 aliphatic carbocycles. The summed E-state index contributed by atoms with van der Waals surface area (Å²) in [6.45, 7) is 0. The molecule has 0 spiro atoms. The lowest BCUT2D eigenvalue weighted by atomic mass is 9.75. The lowest BCUT2D eigenvalue weighted by Gasteiger charge is -2.31. The average molecular weight is 139 g/mol. The smallest absolute Gasteiger partial charge is 0.00416 e. The zero-order chi connectivity index (χ0) is 6.97. The molecule has 2 N–H and O–H groups in total. The van der Waals surface area contributed by atoms with Gasteiger partial charge in [-0.15, -0.1) is 0 Å². The summed E-state index contributed by atoms with van der Waals surface area (Å²) in [5, 5.41) is 0. The first-order chi connectivity index (χ1) is 4.86. The Morgan fingerprint density at radius 3 is 2.10 bits per heavy atom. The van der Waals surface area contributed by atoms with Gasteiger partial charge in [0.15, 0.2) is 0 Å². The molecule has 1 nitrogen and oxygen atoms in total. The van der Waals surface area contributed by atoms with Crippen LogP contribution in [-0.2, 0) is 0 Å². The van der Waals surface area contributed by atoms with Crippen molar-refractivity contribution in [1.29, 1.82) is 0 Å². The lowest BCUT2D eigenvalue weighted by Crippen LogP contribution is -2.22. The quantitative estimate of drug-likeness (QED) is 0.590. The Hall–Kier alpha value is -0.0400. The van der Waals surface area contributed by atoms with Gasteiger partial charge in [0.2, 0.25) is 0 Å². The van der Waals surface area contributed by atoms with Crippen molar-refractivity contribution in [2.24, 2.45) is 17.6 Å². The molecule has 2 aliphatic rings. The third-order valence-electron chi connectivity index (χ3n) is 3.33. The van der Waals surface area contributed by atoms with Gasteiger partial charge in [0.1, 0.15) is 0 Å². The van der Waals surface area contributed by atoms with E-state index in [1.54, 1.807) is 0 Å². The number of hydrogen-bond acceptors (Lipinski definition) is 1. The van der Waals surface area contributed by atoms with E-state index < -0.39 is 0 Å². The van der Waals surface area contributed by atoms with Gasteiger partial charge in [0.25, 0.3) is 0 Å². The number of rotatable bonds is 1. The van der Waals surface area contributed by atoms with E-state index >= 15 is 0 Å². The fraction of sp³-hybridized carbons (Fsp3) is 1.00. The highest BCUT2D eigenvalue weighted by molar-refractivity contribution is 4.85. The van der Waals surface area contributed by atoms with Crippen LogP contribution in [0.3, 0.4) is 0 Å². The topological polar surface area (TPSA) is 26.0 Å². The molecule has 1 heteroatoms. The molecule has 0 radical (unpaired) electrons. The molecule has 2 fully saturated rings. The van der Waals surface area contributed by atoms with Crippen LogP contribution in [0.2, 0.25) is 0 Å². The van der Waals surface area contributed by atoms with Gasteiger partial charge in [0.05, 0.1) is 0 Å². The molecule has 2 saturated carbocycles. The van der Waals surface area contributed by atoms with Crippen LogP contribution in [-0.4, -0.2) is 6.04 Å². The van der Waals surface area contributed by atoms with Crippen LogP contribution in [0, 0.1) is 11.8 Å². The van der Waals surface area contributed by atoms with E-state index in [-0.39, 0.29) is 0 Å². The summed E-state index contributed by atoms with van der Waals surface area (Å²) < 4.78 is 0. The Kier molecular flexibility index (Phi) is 1.69. The minimum atomic E-state index is 0.547.